The molecule has 0 saturated heterocycles. The monoisotopic (exact) mass is 384 g/mol. The van der Waals surface area contributed by atoms with E-state index in [1.165, 1.54) is 44.4 Å². The highest BCUT2D eigenvalue weighted by Gasteiger charge is 2.21. The summed E-state index contributed by atoms with van der Waals surface area (Å²) in [5.74, 6) is 0.0131. The molecule has 0 spiro atoms. The van der Waals surface area contributed by atoms with Gasteiger partial charge in [-0.3, -0.25) is 14.9 Å². The van der Waals surface area contributed by atoms with Gasteiger partial charge in [-0.05, 0) is 37.3 Å². The molecular formula is C16H14Cl2N2O5. The Bertz CT molecular complexity index is 813. The number of anilines is 1. The summed E-state index contributed by atoms with van der Waals surface area (Å²) in [6, 6.07) is 8.70. The van der Waals surface area contributed by atoms with E-state index in [-0.39, 0.29) is 22.1 Å². The molecule has 9 heteroatoms. The predicted molar refractivity (Wildman–Crippen MR) is 94.8 cm³/mol. The molecule has 0 aliphatic heterocycles. The average molecular weight is 385 g/mol. The standard InChI is InChI=1S/C16H14Cl2N2O5/c1-9(25-15-6-3-10(17)7-12(15)18)16(21)19-13-5-4-11(24-2)8-14(13)20(22)23/h3-9H,1-2H3,(H,19,21)/t9-/m0/s1. The van der Waals surface area contributed by atoms with Gasteiger partial charge in [0.1, 0.15) is 17.2 Å². The van der Waals surface area contributed by atoms with Crippen LogP contribution in [-0.4, -0.2) is 24.0 Å². The maximum Gasteiger partial charge on any atom is 0.296 e. The number of nitro benzene ring substituents is 1. The summed E-state index contributed by atoms with van der Waals surface area (Å²) in [5.41, 5.74) is -0.252. The number of nitro groups is 1. The third kappa shape index (κ3) is 4.74. The van der Waals surface area contributed by atoms with E-state index in [4.69, 9.17) is 32.7 Å². The normalized spacial score (nSPS) is 11.5. The largest absolute Gasteiger partial charge is 0.496 e. The van der Waals surface area contributed by atoms with Gasteiger partial charge < -0.3 is 14.8 Å². The highest BCUT2D eigenvalue weighted by molar-refractivity contribution is 6.35. The molecule has 0 aliphatic rings. The summed E-state index contributed by atoms with van der Waals surface area (Å²) in [6.07, 6.45) is -0.944. The van der Waals surface area contributed by atoms with Crippen LogP contribution < -0.4 is 14.8 Å². The molecule has 1 N–H and O–H groups in total. The molecule has 0 aromatic heterocycles. The van der Waals surface area contributed by atoms with E-state index in [0.29, 0.717) is 10.8 Å². The third-order valence-corrected chi connectivity index (χ3v) is 3.76. The molecule has 2 rings (SSSR count). The zero-order valence-corrected chi connectivity index (χ0v) is 14.8. The minimum Gasteiger partial charge on any atom is -0.496 e. The van der Waals surface area contributed by atoms with Gasteiger partial charge in [-0.2, -0.15) is 0 Å². The number of carbonyl (C=O) groups excluding carboxylic acids is 1. The second-order valence-corrected chi connectivity index (χ2v) is 5.81. The van der Waals surface area contributed by atoms with E-state index in [1.807, 2.05) is 0 Å². The maximum absolute atomic E-state index is 12.3. The van der Waals surface area contributed by atoms with Crippen molar-refractivity contribution in [1.82, 2.24) is 0 Å². The summed E-state index contributed by atoms with van der Waals surface area (Å²) in [4.78, 5) is 22.8. The Balaban J connectivity index is 2.14. The summed E-state index contributed by atoms with van der Waals surface area (Å²) < 4.78 is 10.4. The van der Waals surface area contributed by atoms with Gasteiger partial charge in [-0.25, -0.2) is 0 Å². The first-order valence-corrected chi connectivity index (χ1v) is 7.82. The lowest BCUT2D eigenvalue weighted by Crippen LogP contribution is -2.30. The molecular weight excluding hydrogens is 371 g/mol. The number of nitrogens with one attached hydrogen (secondary N) is 1. The topological polar surface area (TPSA) is 90.7 Å². The highest BCUT2D eigenvalue weighted by Crippen LogP contribution is 2.30. The Hall–Kier alpha value is -2.51. The molecule has 0 fully saturated rings. The molecule has 1 atom stereocenters. The Morgan fingerprint density at radius 2 is 1.96 bits per heavy atom. The first-order chi connectivity index (χ1) is 11.8. The summed E-state index contributed by atoms with van der Waals surface area (Å²) in [6.45, 7) is 1.50. The number of amides is 1. The Morgan fingerprint density at radius 3 is 2.56 bits per heavy atom. The quantitative estimate of drug-likeness (QED) is 0.591. The van der Waals surface area contributed by atoms with E-state index in [9.17, 15) is 14.9 Å². The number of halogens is 2. The van der Waals surface area contributed by atoms with Gasteiger partial charge in [-0.1, -0.05) is 23.2 Å². The number of hydrogen-bond acceptors (Lipinski definition) is 5. The number of ether oxygens (including phenoxy) is 2. The van der Waals surface area contributed by atoms with Crippen LogP contribution >= 0.6 is 23.2 Å². The van der Waals surface area contributed by atoms with E-state index < -0.39 is 16.9 Å². The van der Waals surface area contributed by atoms with Gasteiger partial charge in [0.2, 0.25) is 0 Å². The Morgan fingerprint density at radius 1 is 1.24 bits per heavy atom. The first kappa shape index (κ1) is 18.8. The summed E-state index contributed by atoms with van der Waals surface area (Å²) in [7, 11) is 1.39. The van der Waals surface area contributed by atoms with E-state index in [1.54, 1.807) is 6.07 Å². The van der Waals surface area contributed by atoms with Crippen LogP contribution in [0.25, 0.3) is 0 Å². The van der Waals surface area contributed by atoms with Gasteiger partial charge in [0.05, 0.1) is 23.1 Å². The Kier molecular flexibility index (Phi) is 6.06. The molecule has 2 aromatic rings. The number of carbonyl (C=O) groups is 1. The van der Waals surface area contributed by atoms with Crippen LogP contribution in [-0.2, 0) is 4.79 Å². The molecule has 7 nitrogen and oxygen atoms in total. The van der Waals surface area contributed by atoms with Crippen molar-refractivity contribution in [2.75, 3.05) is 12.4 Å². The predicted octanol–water partition coefficient (Wildman–Crippen LogP) is 4.32. The Labute approximate surface area is 153 Å². The summed E-state index contributed by atoms with van der Waals surface area (Å²) >= 11 is 11.8. The number of methoxy groups -OCH3 is 1. The van der Waals surface area contributed by atoms with Crippen molar-refractivity contribution in [2.24, 2.45) is 0 Å². The van der Waals surface area contributed by atoms with Crippen molar-refractivity contribution in [1.29, 1.82) is 0 Å². The molecule has 0 unspecified atom stereocenters. The van der Waals surface area contributed by atoms with Crippen LogP contribution in [0.15, 0.2) is 36.4 Å². The van der Waals surface area contributed by atoms with Crippen LogP contribution in [0.5, 0.6) is 11.5 Å². The molecule has 0 aliphatic carbocycles. The van der Waals surface area contributed by atoms with Crippen molar-refractivity contribution < 1.29 is 19.2 Å². The van der Waals surface area contributed by atoms with Crippen molar-refractivity contribution in [3.63, 3.8) is 0 Å². The van der Waals surface area contributed by atoms with E-state index in [0.717, 1.165) is 0 Å². The van der Waals surface area contributed by atoms with Gasteiger partial charge in [-0.15, -0.1) is 0 Å². The number of rotatable bonds is 6. The minimum absolute atomic E-state index is 0.0356. The number of nitrogens with zero attached hydrogens (tertiary/aromatic N) is 1. The maximum atomic E-state index is 12.3. The second-order valence-electron chi connectivity index (χ2n) is 4.96. The zero-order chi connectivity index (χ0) is 18.6. The molecule has 2 aromatic carbocycles. The second kappa shape index (κ2) is 8.04. The van der Waals surface area contributed by atoms with Gasteiger partial charge >= 0.3 is 0 Å². The fourth-order valence-electron chi connectivity index (χ4n) is 1.94. The lowest BCUT2D eigenvalue weighted by Gasteiger charge is -2.16. The lowest BCUT2D eigenvalue weighted by atomic mass is 10.2. The molecule has 0 heterocycles. The number of benzene rings is 2. The van der Waals surface area contributed by atoms with Crippen LogP contribution in [0.4, 0.5) is 11.4 Å². The van der Waals surface area contributed by atoms with Crippen LogP contribution in [0.3, 0.4) is 0 Å². The zero-order valence-electron chi connectivity index (χ0n) is 13.3. The fraction of sp³-hybridized carbons (Fsp3) is 0.188. The van der Waals surface area contributed by atoms with E-state index >= 15 is 0 Å². The van der Waals surface area contributed by atoms with Gasteiger partial charge in [0.15, 0.2) is 6.10 Å². The SMILES string of the molecule is COc1ccc(NC(=O)[C@H](C)Oc2ccc(Cl)cc2Cl)c([N+](=O)[O-])c1. The molecule has 1 amide bonds. The molecule has 132 valence electrons. The number of hydrogen-bond donors (Lipinski definition) is 1. The van der Waals surface area contributed by atoms with Crippen molar-refractivity contribution >= 4 is 40.5 Å². The van der Waals surface area contributed by atoms with E-state index in [2.05, 4.69) is 5.32 Å². The fourth-order valence-corrected chi connectivity index (χ4v) is 2.40. The highest BCUT2D eigenvalue weighted by atomic mass is 35.5. The smallest absolute Gasteiger partial charge is 0.296 e. The van der Waals surface area contributed by atoms with Crippen molar-refractivity contribution in [3.8, 4) is 11.5 Å². The van der Waals surface area contributed by atoms with Crippen LogP contribution in [0.2, 0.25) is 10.0 Å². The van der Waals surface area contributed by atoms with Crippen LogP contribution in [0, 0.1) is 10.1 Å². The van der Waals surface area contributed by atoms with Gasteiger partial charge in [0, 0.05) is 5.02 Å². The minimum atomic E-state index is -0.944. The lowest BCUT2D eigenvalue weighted by molar-refractivity contribution is -0.384. The van der Waals surface area contributed by atoms with Crippen LogP contribution in [0.1, 0.15) is 6.92 Å². The molecule has 0 radical (unpaired) electrons. The summed E-state index contributed by atoms with van der Waals surface area (Å²) in [5, 5.41) is 14.3. The van der Waals surface area contributed by atoms with Crippen molar-refractivity contribution in [2.45, 2.75) is 13.0 Å². The third-order valence-electron chi connectivity index (χ3n) is 3.23. The molecule has 25 heavy (non-hydrogen) atoms. The average Bonchev–Trinajstić information content (AvgIpc) is 2.57. The molecule has 0 saturated carbocycles. The molecule has 0 bridgehead atoms. The van der Waals surface area contributed by atoms with Crippen molar-refractivity contribution in [3.05, 3.63) is 56.6 Å². The first-order valence-electron chi connectivity index (χ1n) is 7.07. The van der Waals surface area contributed by atoms with Gasteiger partial charge in [0.25, 0.3) is 11.6 Å².